The second kappa shape index (κ2) is 5.22. The van der Waals surface area contributed by atoms with E-state index in [1.165, 1.54) is 29.2 Å². The molecule has 0 aliphatic rings. The lowest BCUT2D eigenvalue weighted by atomic mass is 10.2. The summed E-state index contributed by atoms with van der Waals surface area (Å²) in [6, 6.07) is 4.31. The first-order chi connectivity index (χ1) is 9.27. The van der Waals surface area contributed by atoms with E-state index in [1.54, 1.807) is 14.0 Å². The molecular formula is C11H11ClN4O3S. The number of benzene rings is 1. The summed E-state index contributed by atoms with van der Waals surface area (Å²) in [5.74, 6) is -0.431. The third-order valence-electron chi connectivity index (χ3n) is 2.53. The molecule has 2 rings (SSSR count). The molecule has 0 saturated heterocycles. The molecule has 0 radical (unpaired) electrons. The Morgan fingerprint density at radius 2 is 2.10 bits per heavy atom. The smallest absolute Gasteiger partial charge is 0.277 e. The standard InChI is InChI=1S/C11H11ClN4O3S/c1-7-5-8(3-4-10(7)20(12,18)19)14-11(17)9-6-13-16(2)15-9/h3-6H,1-2H3,(H,14,17). The molecule has 1 amide bonds. The maximum absolute atomic E-state index is 11.8. The van der Waals surface area contributed by atoms with E-state index in [4.69, 9.17) is 10.7 Å². The van der Waals surface area contributed by atoms with Gasteiger partial charge in [-0.15, -0.1) is 5.10 Å². The number of nitrogens with one attached hydrogen (secondary N) is 1. The Morgan fingerprint density at radius 1 is 1.40 bits per heavy atom. The summed E-state index contributed by atoms with van der Waals surface area (Å²) in [6.45, 7) is 1.59. The quantitative estimate of drug-likeness (QED) is 0.862. The van der Waals surface area contributed by atoms with E-state index in [0.717, 1.165) is 0 Å². The van der Waals surface area contributed by atoms with Gasteiger partial charge < -0.3 is 5.32 Å². The molecule has 0 spiro atoms. The van der Waals surface area contributed by atoms with Crippen LogP contribution in [0.25, 0.3) is 0 Å². The largest absolute Gasteiger partial charge is 0.321 e. The van der Waals surface area contributed by atoms with Crippen molar-refractivity contribution in [2.24, 2.45) is 7.05 Å². The number of carbonyl (C=O) groups excluding carboxylic acids is 1. The average molecular weight is 315 g/mol. The van der Waals surface area contributed by atoms with Crippen molar-refractivity contribution >= 4 is 31.3 Å². The third-order valence-corrected chi connectivity index (χ3v) is 4.01. The lowest BCUT2D eigenvalue weighted by Crippen LogP contribution is -2.13. The number of amides is 1. The summed E-state index contributed by atoms with van der Waals surface area (Å²) in [7, 11) is 3.09. The number of hydrogen-bond donors (Lipinski definition) is 1. The summed E-state index contributed by atoms with van der Waals surface area (Å²) < 4.78 is 22.5. The number of nitrogens with zero attached hydrogens (tertiary/aromatic N) is 3. The highest BCUT2D eigenvalue weighted by molar-refractivity contribution is 8.13. The molecule has 0 unspecified atom stereocenters. The van der Waals surface area contributed by atoms with E-state index in [9.17, 15) is 13.2 Å². The van der Waals surface area contributed by atoms with E-state index >= 15 is 0 Å². The summed E-state index contributed by atoms with van der Waals surface area (Å²) in [6.07, 6.45) is 1.33. The first-order valence-corrected chi connectivity index (χ1v) is 7.81. The molecule has 106 valence electrons. The molecule has 1 N–H and O–H groups in total. The number of anilines is 1. The van der Waals surface area contributed by atoms with Gasteiger partial charge in [0, 0.05) is 23.4 Å². The van der Waals surface area contributed by atoms with Crippen LogP contribution in [0.1, 0.15) is 16.1 Å². The number of carbonyl (C=O) groups is 1. The molecule has 0 aliphatic heterocycles. The number of aromatic nitrogens is 3. The summed E-state index contributed by atoms with van der Waals surface area (Å²) in [4.78, 5) is 13.1. The molecule has 1 heterocycles. The highest BCUT2D eigenvalue weighted by atomic mass is 35.7. The van der Waals surface area contributed by atoms with Gasteiger partial charge in [-0.1, -0.05) is 0 Å². The molecule has 7 nitrogen and oxygen atoms in total. The predicted molar refractivity (Wildman–Crippen MR) is 73.2 cm³/mol. The monoisotopic (exact) mass is 314 g/mol. The third kappa shape index (κ3) is 3.14. The normalized spacial score (nSPS) is 11.3. The molecule has 0 bridgehead atoms. The van der Waals surface area contributed by atoms with Crippen LogP contribution >= 0.6 is 10.7 Å². The van der Waals surface area contributed by atoms with Crippen molar-refractivity contribution in [2.75, 3.05) is 5.32 Å². The van der Waals surface area contributed by atoms with Crippen LogP contribution in [0.5, 0.6) is 0 Å². The zero-order valence-electron chi connectivity index (χ0n) is 10.7. The Balaban J connectivity index is 2.23. The molecule has 20 heavy (non-hydrogen) atoms. The van der Waals surface area contributed by atoms with Crippen LogP contribution in [0.4, 0.5) is 5.69 Å². The minimum absolute atomic E-state index is 0.0108. The lowest BCUT2D eigenvalue weighted by Gasteiger charge is -2.06. The van der Waals surface area contributed by atoms with E-state index < -0.39 is 15.0 Å². The van der Waals surface area contributed by atoms with Gasteiger partial charge in [0.25, 0.3) is 15.0 Å². The van der Waals surface area contributed by atoms with Crippen LogP contribution in [0.2, 0.25) is 0 Å². The first kappa shape index (κ1) is 14.5. The molecule has 1 aromatic heterocycles. The number of aryl methyl sites for hydroxylation is 2. The van der Waals surface area contributed by atoms with Gasteiger partial charge in [-0.05, 0) is 30.7 Å². The van der Waals surface area contributed by atoms with Gasteiger partial charge in [0.1, 0.15) is 0 Å². The van der Waals surface area contributed by atoms with Crippen molar-refractivity contribution < 1.29 is 13.2 Å². The van der Waals surface area contributed by atoms with Gasteiger partial charge in [-0.25, -0.2) is 8.42 Å². The molecular weight excluding hydrogens is 304 g/mol. The van der Waals surface area contributed by atoms with E-state index in [2.05, 4.69) is 15.5 Å². The summed E-state index contributed by atoms with van der Waals surface area (Å²) in [5, 5.41) is 10.3. The number of hydrogen-bond acceptors (Lipinski definition) is 5. The molecule has 2 aromatic rings. The van der Waals surface area contributed by atoms with Crippen molar-refractivity contribution in [1.29, 1.82) is 0 Å². The fourth-order valence-electron chi connectivity index (χ4n) is 1.65. The Bertz CT molecular complexity index is 770. The number of halogens is 1. The van der Waals surface area contributed by atoms with Crippen molar-refractivity contribution in [3.8, 4) is 0 Å². The van der Waals surface area contributed by atoms with Gasteiger partial charge in [0.15, 0.2) is 5.69 Å². The SMILES string of the molecule is Cc1cc(NC(=O)c2cnn(C)n2)ccc1S(=O)(=O)Cl. The lowest BCUT2D eigenvalue weighted by molar-refractivity contribution is 0.102. The molecule has 0 fully saturated rings. The summed E-state index contributed by atoms with van der Waals surface area (Å²) in [5.41, 5.74) is 1.05. The zero-order valence-corrected chi connectivity index (χ0v) is 12.2. The fourth-order valence-corrected chi connectivity index (χ4v) is 2.84. The minimum Gasteiger partial charge on any atom is -0.321 e. The second-order valence-corrected chi connectivity index (χ2v) is 6.63. The first-order valence-electron chi connectivity index (χ1n) is 5.50. The molecule has 0 aliphatic carbocycles. The second-order valence-electron chi connectivity index (χ2n) is 4.09. The Morgan fingerprint density at radius 3 is 2.60 bits per heavy atom. The minimum atomic E-state index is -3.79. The van der Waals surface area contributed by atoms with Crippen molar-refractivity contribution in [3.63, 3.8) is 0 Å². The highest BCUT2D eigenvalue weighted by Gasteiger charge is 2.15. The van der Waals surface area contributed by atoms with Gasteiger partial charge >= 0.3 is 0 Å². The predicted octanol–water partition coefficient (Wildman–Crippen LogP) is 1.30. The van der Waals surface area contributed by atoms with E-state index in [-0.39, 0.29) is 10.6 Å². The Kier molecular flexibility index (Phi) is 3.78. The zero-order chi connectivity index (χ0) is 14.9. The van der Waals surface area contributed by atoms with Gasteiger partial charge in [-0.3, -0.25) is 4.79 Å². The maximum atomic E-state index is 11.8. The molecule has 9 heteroatoms. The Hall–Kier alpha value is -1.93. The number of rotatable bonds is 3. The van der Waals surface area contributed by atoms with Gasteiger partial charge in [0.2, 0.25) is 0 Å². The van der Waals surface area contributed by atoms with Crippen LogP contribution < -0.4 is 5.32 Å². The van der Waals surface area contributed by atoms with E-state index in [0.29, 0.717) is 11.3 Å². The van der Waals surface area contributed by atoms with E-state index in [1.807, 2.05) is 0 Å². The topological polar surface area (TPSA) is 93.9 Å². The van der Waals surface area contributed by atoms with Crippen LogP contribution in [-0.4, -0.2) is 29.3 Å². The van der Waals surface area contributed by atoms with Crippen LogP contribution in [0, 0.1) is 6.92 Å². The highest BCUT2D eigenvalue weighted by Crippen LogP contribution is 2.22. The maximum Gasteiger partial charge on any atom is 0.277 e. The molecule has 0 atom stereocenters. The van der Waals surface area contributed by atoms with Crippen molar-refractivity contribution in [3.05, 3.63) is 35.7 Å². The van der Waals surface area contributed by atoms with Gasteiger partial charge in [-0.2, -0.15) is 9.90 Å². The van der Waals surface area contributed by atoms with Crippen LogP contribution in [0.15, 0.2) is 29.3 Å². The Labute approximate surface area is 120 Å². The van der Waals surface area contributed by atoms with Crippen LogP contribution in [0.3, 0.4) is 0 Å². The average Bonchev–Trinajstić information content (AvgIpc) is 2.74. The van der Waals surface area contributed by atoms with Gasteiger partial charge in [0.05, 0.1) is 11.1 Å². The van der Waals surface area contributed by atoms with Crippen molar-refractivity contribution in [2.45, 2.75) is 11.8 Å². The fraction of sp³-hybridized carbons (Fsp3) is 0.182. The summed E-state index contributed by atoms with van der Waals surface area (Å²) >= 11 is 0. The molecule has 1 aromatic carbocycles. The van der Waals surface area contributed by atoms with Crippen molar-refractivity contribution in [1.82, 2.24) is 15.0 Å². The molecule has 0 saturated carbocycles. The van der Waals surface area contributed by atoms with Crippen LogP contribution in [-0.2, 0) is 16.1 Å².